The monoisotopic (exact) mass is 264 g/mol. The summed E-state index contributed by atoms with van der Waals surface area (Å²) in [5.41, 5.74) is 0.867. The number of ether oxygens (including phenoxy) is 1. The zero-order chi connectivity index (χ0) is 13.2. The first-order valence-corrected chi connectivity index (χ1v) is 6.81. The highest BCUT2D eigenvalue weighted by molar-refractivity contribution is 7.80. The summed E-state index contributed by atoms with van der Waals surface area (Å²) in [6.07, 6.45) is 3.88. The highest BCUT2D eigenvalue weighted by Gasteiger charge is 2.17. The molecule has 18 heavy (non-hydrogen) atoms. The van der Waals surface area contributed by atoms with E-state index in [1.165, 1.54) is 0 Å². The Balaban J connectivity index is 2.22. The third-order valence-corrected chi connectivity index (χ3v) is 3.21. The molecule has 0 amide bonds. The van der Waals surface area contributed by atoms with Gasteiger partial charge < -0.3 is 9.30 Å². The number of hydrogen-bond donors (Lipinski definition) is 1. The Morgan fingerprint density at radius 3 is 2.83 bits per heavy atom. The number of fused-ring (bicyclic) bond motifs is 1. The molecule has 0 aliphatic carbocycles. The Hall–Kier alpha value is -1.00. The lowest BCUT2D eigenvalue weighted by Crippen LogP contribution is -2.26. The molecular weight excluding hydrogens is 244 g/mol. The van der Waals surface area contributed by atoms with Gasteiger partial charge in [-0.2, -0.15) is 12.6 Å². The number of rotatable bonds is 4. The molecule has 0 N–H and O–H groups in total. The number of pyridine rings is 1. The van der Waals surface area contributed by atoms with Gasteiger partial charge >= 0.3 is 0 Å². The fraction of sp³-hybridized carbons (Fsp3) is 0.500. The number of nitrogens with zero attached hydrogens (tertiary/aromatic N) is 2. The molecule has 0 aliphatic heterocycles. The van der Waals surface area contributed by atoms with E-state index < -0.39 is 0 Å². The molecule has 2 rings (SSSR count). The maximum Gasteiger partial charge on any atom is 0.140 e. The molecule has 0 bridgehead atoms. The van der Waals surface area contributed by atoms with Crippen LogP contribution in [0.5, 0.6) is 0 Å². The van der Waals surface area contributed by atoms with Crippen molar-refractivity contribution in [2.24, 2.45) is 0 Å². The van der Waals surface area contributed by atoms with E-state index >= 15 is 0 Å². The van der Waals surface area contributed by atoms with Crippen LogP contribution in [0.3, 0.4) is 0 Å². The van der Waals surface area contributed by atoms with Gasteiger partial charge in [0.25, 0.3) is 0 Å². The quantitative estimate of drug-likeness (QED) is 0.858. The average Bonchev–Trinajstić information content (AvgIpc) is 2.73. The second-order valence-corrected chi connectivity index (χ2v) is 5.76. The fourth-order valence-corrected chi connectivity index (χ4v) is 2.13. The fourth-order valence-electron chi connectivity index (χ4n) is 1.85. The van der Waals surface area contributed by atoms with E-state index in [0.29, 0.717) is 6.61 Å². The highest BCUT2D eigenvalue weighted by atomic mass is 32.1. The lowest BCUT2D eigenvalue weighted by Gasteiger charge is -2.24. The molecule has 0 saturated heterocycles. The van der Waals surface area contributed by atoms with Crippen molar-refractivity contribution in [3.8, 4) is 0 Å². The van der Waals surface area contributed by atoms with Crippen LogP contribution in [-0.2, 0) is 4.74 Å². The molecule has 0 aromatic carbocycles. The maximum absolute atomic E-state index is 5.86. The molecule has 2 aromatic heterocycles. The normalized spacial score (nSPS) is 14.0. The molecule has 1 atom stereocenters. The van der Waals surface area contributed by atoms with E-state index in [1.807, 2.05) is 12.3 Å². The highest BCUT2D eigenvalue weighted by Crippen LogP contribution is 2.21. The largest absolute Gasteiger partial charge is 0.374 e. The molecule has 0 saturated carbocycles. The molecule has 0 fully saturated rings. The first-order valence-electron chi connectivity index (χ1n) is 6.17. The Morgan fingerprint density at radius 2 is 2.17 bits per heavy atom. The molecule has 0 aliphatic rings. The van der Waals surface area contributed by atoms with Gasteiger partial charge in [0.05, 0.1) is 18.2 Å². The summed E-state index contributed by atoms with van der Waals surface area (Å²) in [5, 5.41) is 1.15. The van der Waals surface area contributed by atoms with Crippen molar-refractivity contribution in [2.45, 2.75) is 32.4 Å². The zero-order valence-electron chi connectivity index (χ0n) is 11.1. The summed E-state index contributed by atoms with van der Waals surface area (Å²) < 4.78 is 8.00. The first-order chi connectivity index (χ1) is 8.51. The predicted octanol–water partition coefficient (Wildman–Crippen LogP) is 3.32. The van der Waals surface area contributed by atoms with Gasteiger partial charge in [-0.15, -0.1) is 0 Å². The zero-order valence-corrected chi connectivity index (χ0v) is 12.0. The van der Waals surface area contributed by atoms with Gasteiger partial charge in [-0.1, -0.05) is 0 Å². The molecule has 98 valence electrons. The Bertz CT molecular complexity index is 516. The van der Waals surface area contributed by atoms with Crippen LogP contribution in [0.15, 0.2) is 30.6 Å². The lowest BCUT2D eigenvalue weighted by atomic mass is 10.2. The third kappa shape index (κ3) is 3.06. The number of hydrogen-bond acceptors (Lipinski definition) is 3. The summed E-state index contributed by atoms with van der Waals surface area (Å²) in [5.74, 6) is 0.733. The van der Waals surface area contributed by atoms with Crippen molar-refractivity contribution >= 4 is 23.7 Å². The van der Waals surface area contributed by atoms with Crippen LogP contribution in [0.1, 0.15) is 26.8 Å². The molecular formula is C14H20N2OS. The van der Waals surface area contributed by atoms with Crippen molar-refractivity contribution in [2.75, 3.05) is 12.4 Å². The van der Waals surface area contributed by atoms with Gasteiger partial charge in [-0.05, 0) is 39.0 Å². The van der Waals surface area contributed by atoms with E-state index in [9.17, 15) is 0 Å². The molecule has 2 aromatic rings. The van der Waals surface area contributed by atoms with Crippen LogP contribution in [0.2, 0.25) is 0 Å². The van der Waals surface area contributed by atoms with Crippen LogP contribution in [0.4, 0.5) is 0 Å². The molecule has 3 nitrogen and oxygen atoms in total. The Kier molecular flexibility index (Phi) is 3.97. The van der Waals surface area contributed by atoms with Crippen LogP contribution < -0.4 is 0 Å². The first kappa shape index (κ1) is 13.4. The molecule has 2 heterocycles. The second-order valence-electron chi connectivity index (χ2n) is 5.40. The second kappa shape index (κ2) is 5.33. The number of thiol groups is 1. The minimum atomic E-state index is -0.127. The van der Waals surface area contributed by atoms with Crippen molar-refractivity contribution in [3.05, 3.63) is 30.6 Å². The number of aromatic nitrogens is 2. The summed E-state index contributed by atoms with van der Waals surface area (Å²) >= 11 is 4.43. The van der Waals surface area contributed by atoms with Gasteiger partial charge in [0.2, 0.25) is 0 Å². The summed E-state index contributed by atoms with van der Waals surface area (Å²) in [7, 11) is 0. The van der Waals surface area contributed by atoms with Gasteiger partial charge in [0.15, 0.2) is 0 Å². The topological polar surface area (TPSA) is 27.1 Å². The van der Waals surface area contributed by atoms with E-state index in [0.717, 1.165) is 16.8 Å². The van der Waals surface area contributed by atoms with Crippen LogP contribution >= 0.6 is 12.6 Å². The smallest absolute Gasteiger partial charge is 0.140 e. The van der Waals surface area contributed by atoms with Gasteiger partial charge in [0.1, 0.15) is 5.65 Å². The molecule has 0 radical (unpaired) electrons. The summed E-state index contributed by atoms with van der Waals surface area (Å²) in [6.45, 7) is 6.84. The van der Waals surface area contributed by atoms with Gasteiger partial charge in [-0.3, -0.25) is 0 Å². The minimum Gasteiger partial charge on any atom is -0.374 e. The molecule has 1 unspecified atom stereocenters. The van der Waals surface area contributed by atoms with Gasteiger partial charge in [0, 0.05) is 23.5 Å². The van der Waals surface area contributed by atoms with E-state index in [-0.39, 0.29) is 11.6 Å². The van der Waals surface area contributed by atoms with Crippen LogP contribution in [-0.4, -0.2) is 27.5 Å². The van der Waals surface area contributed by atoms with Crippen molar-refractivity contribution in [1.29, 1.82) is 0 Å². The third-order valence-electron chi connectivity index (χ3n) is 2.79. The van der Waals surface area contributed by atoms with Crippen LogP contribution in [0.25, 0.3) is 11.0 Å². The molecule has 4 heteroatoms. The summed E-state index contributed by atoms with van der Waals surface area (Å²) in [4.78, 5) is 4.43. The summed E-state index contributed by atoms with van der Waals surface area (Å²) in [6, 6.07) is 6.31. The van der Waals surface area contributed by atoms with Crippen molar-refractivity contribution in [1.82, 2.24) is 9.55 Å². The Morgan fingerprint density at radius 1 is 1.39 bits per heavy atom. The Labute approximate surface area is 114 Å². The standard InChI is InChI=1S/C14H20N2OS/c1-14(2,3)17-9-12(10-18)16-8-6-11-5-4-7-15-13(11)16/h4-8,12,18H,9-10H2,1-3H3. The van der Waals surface area contributed by atoms with E-state index in [1.54, 1.807) is 0 Å². The van der Waals surface area contributed by atoms with Gasteiger partial charge in [-0.25, -0.2) is 4.98 Å². The lowest BCUT2D eigenvalue weighted by molar-refractivity contribution is -0.0159. The van der Waals surface area contributed by atoms with E-state index in [2.05, 4.69) is 61.3 Å². The van der Waals surface area contributed by atoms with E-state index in [4.69, 9.17) is 4.74 Å². The predicted molar refractivity (Wildman–Crippen MR) is 78.3 cm³/mol. The van der Waals surface area contributed by atoms with Crippen molar-refractivity contribution < 1.29 is 4.74 Å². The van der Waals surface area contributed by atoms with Crippen molar-refractivity contribution in [3.63, 3.8) is 0 Å². The molecule has 0 spiro atoms. The maximum atomic E-state index is 5.86. The average molecular weight is 264 g/mol. The minimum absolute atomic E-state index is 0.127. The van der Waals surface area contributed by atoms with Crippen LogP contribution in [0, 0.1) is 0 Å². The SMILES string of the molecule is CC(C)(C)OCC(CS)n1ccc2cccnc21.